The molecule has 0 spiro atoms. The number of aryl methyl sites for hydroxylation is 1. The number of thiophene rings is 1. The van der Waals surface area contributed by atoms with Gasteiger partial charge in [-0.25, -0.2) is 0 Å². The van der Waals surface area contributed by atoms with Gasteiger partial charge in [0.2, 0.25) is 0 Å². The second kappa shape index (κ2) is 5.17. The zero-order chi connectivity index (χ0) is 11.5. The second-order valence-electron chi connectivity index (χ2n) is 3.73. The van der Waals surface area contributed by atoms with Gasteiger partial charge in [0.05, 0.1) is 6.04 Å². The lowest BCUT2D eigenvalue weighted by Gasteiger charge is -2.12. The Balaban J connectivity index is 2.12. The summed E-state index contributed by atoms with van der Waals surface area (Å²) in [6, 6.07) is 6.45. The quantitative estimate of drug-likeness (QED) is 0.926. The van der Waals surface area contributed by atoms with E-state index in [0.29, 0.717) is 0 Å². The minimum atomic E-state index is 0.249. The SMILES string of the molecule is CNC(Cc1cc(Br)cs1)c1ccc(C)o1. The number of halogens is 1. The van der Waals surface area contributed by atoms with Gasteiger partial charge in [-0.2, -0.15) is 0 Å². The Kier molecular flexibility index (Phi) is 3.84. The molecule has 0 saturated heterocycles. The summed E-state index contributed by atoms with van der Waals surface area (Å²) in [6.07, 6.45) is 0.958. The van der Waals surface area contributed by atoms with Crippen LogP contribution in [0.5, 0.6) is 0 Å². The largest absolute Gasteiger partial charge is 0.465 e. The van der Waals surface area contributed by atoms with E-state index in [0.717, 1.165) is 22.4 Å². The number of rotatable bonds is 4. The predicted molar refractivity (Wildman–Crippen MR) is 71.0 cm³/mol. The smallest absolute Gasteiger partial charge is 0.121 e. The summed E-state index contributed by atoms with van der Waals surface area (Å²) in [4.78, 5) is 1.35. The Morgan fingerprint density at radius 3 is 2.81 bits per heavy atom. The van der Waals surface area contributed by atoms with Crippen molar-refractivity contribution in [1.82, 2.24) is 5.32 Å². The van der Waals surface area contributed by atoms with Gasteiger partial charge in [0.1, 0.15) is 11.5 Å². The Morgan fingerprint density at radius 1 is 1.50 bits per heavy atom. The number of furan rings is 1. The Bertz CT molecular complexity index is 463. The highest BCUT2D eigenvalue weighted by atomic mass is 79.9. The summed E-state index contributed by atoms with van der Waals surface area (Å²) < 4.78 is 6.80. The molecule has 1 unspecified atom stereocenters. The highest BCUT2D eigenvalue weighted by Crippen LogP contribution is 2.26. The molecule has 0 saturated carbocycles. The molecule has 0 radical (unpaired) electrons. The van der Waals surface area contributed by atoms with Crippen LogP contribution in [0.1, 0.15) is 22.4 Å². The first-order chi connectivity index (χ1) is 7.69. The van der Waals surface area contributed by atoms with Crippen LogP contribution in [0, 0.1) is 6.92 Å². The zero-order valence-electron chi connectivity index (χ0n) is 9.29. The fourth-order valence-corrected chi connectivity index (χ4v) is 3.15. The minimum Gasteiger partial charge on any atom is -0.465 e. The van der Waals surface area contributed by atoms with Gasteiger partial charge in [0, 0.05) is 21.2 Å². The molecule has 0 aliphatic heterocycles. The summed E-state index contributed by atoms with van der Waals surface area (Å²) >= 11 is 5.24. The van der Waals surface area contributed by atoms with E-state index < -0.39 is 0 Å². The third kappa shape index (κ3) is 2.75. The van der Waals surface area contributed by atoms with E-state index in [4.69, 9.17) is 4.42 Å². The molecule has 0 fully saturated rings. The van der Waals surface area contributed by atoms with Crippen molar-refractivity contribution in [2.75, 3.05) is 7.05 Å². The van der Waals surface area contributed by atoms with Gasteiger partial charge in [-0.15, -0.1) is 11.3 Å². The Labute approximate surface area is 108 Å². The first-order valence-electron chi connectivity index (χ1n) is 5.15. The molecule has 86 valence electrons. The van der Waals surface area contributed by atoms with Crippen LogP contribution in [-0.4, -0.2) is 7.05 Å². The molecule has 0 bridgehead atoms. The lowest BCUT2D eigenvalue weighted by Crippen LogP contribution is -2.17. The average Bonchev–Trinajstić information content (AvgIpc) is 2.84. The molecule has 0 aliphatic carbocycles. The highest BCUT2D eigenvalue weighted by molar-refractivity contribution is 9.10. The summed E-state index contributed by atoms with van der Waals surface area (Å²) in [5.74, 6) is 1.96. The van der Waals surface area contributed by atoms with Gasteiger partial charge in [-0.05, 0) is 48.1 Å². The van der Waals surface area contributed by atoms with Crippen LogP contribution in [0.15, 0.2) is 32.5 Å². The third-order valence-corrected chi connectivity index (χ3v) is 4.20. The van der Waals surface area contributed by atoms with Crippen LogP contribution >= 0.6 is 27.3 Å². The Hall–Kier alpha value is -0.580. The highest BCUT2D eigenvalue weighted by Gasteiger charge is 2.14. The maximum atomic E-state index is 5.65. The molecule has 16 heavy (non-hydrogen) atoms. The molecule has 1 N–H and O–H groups in total. The van der Waals surface area contributed by atoms with E-state index >= 15 is 0 Å². The molecule has 0 aliphatic rings. The molecule has 2 aromatic heterocycles. The van der Waals surface area contributed by atoms with Crippen LogP contribution < -0.4 is 5.32 Å². The third-order valence-electron chi connectivity index (χ3n) is 2.48. The van der Waals surface area contributed by atoms with Crippen LogP contribution in [0.4, 0.5) is 0 Å². The molecule has 0 aromatic carbocycles. The summed E-state index contributed by atoms with van der Waals surface area (Å²) in [5.41, 5.74) is 0. The molecule has 0 amide bonds. The second-order valence-corrected chi connectivity index (χ2v) is 5.64. The van der Waals surface area contributed by atoms with Gasteiger partial charge in [0.25, 0.3) is 0 Å². The number of hydrogen-bond acceptors (Lipinski definition) is 3. The molecule has 2 nitrogen and oxygen atoms in total. The monoisotopic (exact) mass is 299 g/mol. The lowest BCUT2D eigenvalue weighted by atomic mass is 10.1. The van der Waals surface area contributed by atoms with Gasteiger partial charge < -0.3 is 9.73 Å². The maximum absolute atomic E-state index is 5.65. The topological polar surface area (TPSA) is 25.2 Å². The summed E-state index contributed by atoms with van der Waals surface area (Å²) in [7, 11) is 1.96. The first kappa shape index (κ1) is 11.9. The molecular formula is C12H14BrNOS. The maximum Gasteiger partial charge on any atom is 0.121 e. The summed E-state index contributed by atoms with van der Waals surface area (Å²) in [5, 5.41) is 5.39. The van der Waals surface area contributed by atoms with Crippen LogP contribution in [-0.2, 0) is 6.42 Å². The number of likely N-dealkylation sites (N-methyl/N-ethyl adjacent to an activating group) is 1. The molecular weight excluding hydrogens is 286 g/mol. The van der Waals surface area contributed by atoms with Crippen LogP contribution in [0.2, 0.25) is 0 Å². The number of hydrogen-bond donors (Lipinski definition) is 1. The minimum absolute atomic E-state index is 0.249. The van der Waals surface area contributed by atoms with Gasteiger partial charge in [-0.3, -0.25) is 0 Å². The van der Waals surface area contributed by atoms with E-state index in [1.807, 2.05) is 26.1 Å². The van der Waals surface area contributed by atoms with Gasteiger partial charge in [0.15, 0.2) is 0 Å². The van der Waals surface area contributed by atoms with Crippen molar-refractivity contribution in [3.05, 3.63) is 44.4 Å². The van der Waals surface area contributed by atoms with E-state index in [2.05, 4.69) is 32.7 Å². The molecule has 1 atom stereocenters. The van der Waals surface area contributed by atoms with Crippen LogP contribution in [0.3, 0.4) is 0 Å². The van der Waals surface area contributed by atoms with E-state index in [1.165, 1.54) is 4.88 Å². The van der Waals surface area contributed by atoms with E-state index in [1.54, 1.807) is 11.3 Å². The molecule has 2 heterocycles. The fraction of sp³-hybridized carbons (Fsp3) is 0.333. The van der Waals surface area contributed by atoms with Crippen molar-refractivity contribution in [3.8, 4) is 0 Å². The van der Waals surface area contributed by atoms with Crippen molar-refractivity contribution < 1.29 is 4.42 Å². The Morgan fingerprint density at radius 2 is 2.31 bits per heavy atom. The molecule has 2 aromatic rings. The van der Waals surface area contributed by atoms with Crippen molar-refractivity contribution >= 4 is 27.3 Å². The molecule has 4 heteroatoms. The van der Waals surface area contributed by atoms with Crippen molar-refractivity contribution in [3.63, 3.8) is 0 Å². The van der Waals surface area contributed by atoms with E-state index in [-0.39, 0.29) is 6.04 Å². The van der Waals surface area contributed by atoms with Crippen molar-refractivity contribution in [1.29, 1.82) is 0 Å². The van der Waals surface area contributed by atoms with Gasteiger partial charge >= 0.3 is 0 Å². The normalized spacial score (nSPS) is 12.9. The summed E-state index contributed by atoms with van der Waals surface area (Å²) in [6.45, 7) is 1.97. The predicted octanol–water partition coefficient (Wildman–Crippen LogP) is 3.92. The average molecular weight is 300 g/mol. The van der Waals surface area contributed by atoms with E-state index in [9.17, 15) is 0 Å². The lowest BCUT2D eigenvalue weighted by molar-refractivity contribution is 0.416. The molecule has 2 rings (SSSR count). The first-order valence-corrected chi connectivity index (χ1v) is 6.83. The fourth-order valence-electron chi connectivity index (χ4n) is 1.65. The van der Waals surface area contributed by atoms with Crippen molar-refractivity contribution in [2.24, 2.45) is 0 Å². The number of nitrogens with one attached hydrogen (secondary N) is 1. The zero-order valence-corrected chi connectivity index (χ0v) is 11.7. The standard InChI is InChI=1S/C12H14BrNOS/c1-8-3-4-12(15-8)11(14-2)6-10-5-9(13)7-16-10/h3-5,7,11,14H,6H2,1-2H3. The van der Waals surface area contributed by atoms with Gasteiger partial charge in [-0.1, -0.05) is 0 Å². The van der Waals surface area contributed by atoms with Crippen LogP contribution in [0.25, 0.3) is 0 Å². The van der Waals surface area contributed by atoms with Crippen molar-refractivity contribution in [2.45, 2.75) is 19.4 Å².